The van der Waals surface area contributed by atoms with Gasteiger partial charge in [-0.15, -0.1) is 0 Å². The van der Waals surface area contributed by atoms with E-state index < -0.39 is 0 Å². The molecule has 5 rings (SSSR count). The number of benzene rings is 5. The number of hydrogen-bond donors (Lipinski definition) is 2. The molecule has 0 spiro atoms. The monoisotopic (exact) mass is 412 g/mol. The zero-order valence-electron chi connectivity index (χ0n) is 17.7. The van der Waals surface area contributed by atoms with E-state index in [4.69, 9.17) is 11.5 Å². The second kappa shape index (κ2) is 8.44. The van der Waals surface area contributed by atoms with E-state index in [-0.39, 0.29) is 0 Å². The minimum Gasteiger partial charge on any atom is -0.397 e. The van der Waals surface area contributed by atoms with Gasteiger partial charge in [-0.2, -0.15) is 0 Å². The molecule has 0 amide bonds. The lowest BCUT2D eigenvalue weighted by Gasteiger charge is -2.16. The van der Waals surface area contributed by atoms with E-state index in [1.165, 1.54) is 22.3 Å². The van der Waals surface area contributed by atoms with Crippen LogP contribution in [0.4, 0.5) is 11.4 Å². The fourth-order valence-electron chi connectivity index (χ4n) is 4.12. The fourth-order valence-corrected chi connectivity index (χ4v) is 4.12. The van der Waals surface area contributed by atoms with E-state index in [9.17, 15) is 0 Å². The molecule has 0 aliphatic carbocycles. The minimum absolute atomic E-state index is 0.594. The molecule has 4 N–H and O–H groups in total. The molecule has 0 heterocycles. The molecule has 0 unspecified atom stereocenters. The summed E-state index contributed by atoms with van der Waals surface area (Å²) in [6, 6.07) is 41.8. The second-order valence-corrected chi connectivity index (χ2v) is 7.88. The molecule has 0 aliphatic heterocycles. The Morgan fingerprint density at radius 3 is 1.25 bits per heavy atom. The van der Waals surface area contributed by atoms with Crippen molar-refractivity contribution >= 4 is 11.4 Å². The zero-order chi connectivity index (χ0) is 21.9. The van der Waals surface area contributed by atoms with Gasteiger partial charge in [-0.05, 0) is 45.0 Å². The molecule has 2 nitrogen and oxygen atoms in total. The number of nitrogens with two attached hydrogens (primary N) is 2. The summed E-state index contributed by atoms with van der Waals surface area (Å²) >= 11 is 0. The summed E-state index contributed by atoms with van der Waals surface area (Å²) in [4.78, 5) is 0. The van der Waals surface area contributed by atoms with Gasteiger partial charge in [0.05, 0.1) is 11.4 Å². The predicted octanol–water partition coefficient (Wildman–Crippen LogP) is 7.52. The molecule has 0 saturated heterocycles. The summed E-state index contributed by atoms with van der Waals surface area (Å²) in [6.45, 7) is 0. The third kappa shape index (κ3) is 3.75. The van der Waals surface area contributed by atoms with Crippen molar-refractivity contribution in [3.8, 4) is 44.5 Å². The fraction of sp³-hybridized carbons (Fsp3) is 0. The smallest absolute Gasteiger partial charge is 0.0633 e. The van der Waals surface area contributed by atoms with Crippen LogP contribution < -0.4 is 11.5 Å². The van der Waals surface area contributed by atoms with Crippen molar-refractivity contribution in [2.45, 2.75) is 0 Å². The molecule has 154 valence electrons. The lowest BCUT2D eigenvalue weighted by molar-refractivity contribution is 1.55. The van der Waals surface area contributed by atoms with Crippen molar-refractivity contribution in [1.29, 1.82) is 0 Å². The van der Waals surface area contributed by atoms with Gasteiger partial charge in [0, 0.05) is 5.56 Å². The molecule has 5 aromatic rings. The molecule has 0 bridgehead atoms. The summed E-state index contributed by atoms with van der Waals surface area (Å²) < 4.78 is 0. The highest BCUT2D eigenvalue weighted by Gasteiger charge is 2.14. The summed E-state index contributed by atoms with van der Waals surface area (Å²) in [6.07, 6.45) is 0. The first-order valence-corrected chi connectivity index (χ1v) is 10.7. The Morgan fingerprint density at radius 2 is 0.750 bits per heavy atom. The van der Waals surface area contributed by atoms with Crippen molar-refractivity contribution in [2.24, 2.45) is 0 Å². The Kier molecular flexibility index (Phi) is 5.19. The maximum atomic E-state index is 6.50. The molecule has 0 aliphatic rings. The van der Waals surface area contributed by atoms with E-state index in [2.05, 4.69) is 103 Å². The summed E-state index contributed by atoms with van der Waals surface area (Å²) in [7, 11) is 0. The van der Waals surface area contributed by atoms with Gasteiger partial charge in [-0.3, -0.25) is 0 Å². The molecular weight excluding hydrogens is 388 g/mol. The lowest BCUT2D eigenvalue weighted by Crippen LogP contribution is -1.99. The Hall–Kier alpha value is -4.30. The third-order valence-electron chi connectivity index (χ3n) is 5.86. The van der Waals surface area contributed by atoms with Crippen LogP contribution in [-0.4, -0.2) is 0 Å². The average Bonchev–Trinajstić information content (AvgIpc) is 2.87. The van der Waals surface area contributed by atoms with Gasteiger partial charge < -0.3 is 11.5 Å². The van der Waals surface area contributed by atoms with Crippen molar-refractivity contribution in [3.63, 3.8) is 0 Å². The predicted molar refractivity (Wildman–Crippen MR) is 137 cm³/mol. The van der Waals surface area contributed by atoms with Crippen molar-refractivity contribution in [2.75, 3.05) is 11.5 Å². The quantitative estimate of drug-likeness (QED) is 0.300. The Labute approximate surface area is 188 Å². The largest absolute Gasteiger partial charge is 0.397 e. The summed E-state index contributed by atoms with van der Waals surface area (Å²) in [5.74, 6) is 0. The van der Waals surface area contributed by atoms with Gasteiger partial charge in [0.15, 0.2) is 0 Å². The van der Waals surface area contributed by atoms with Gasteiger partial charge in [0.1, 0.15) is 0 Å². The van der Waals surface area contributed by atoms with Crippen LogP contribution in [0, 0.1) is 0 Å². The topological polar surface area (TPSA) is 52.0 Å². The summed E-state index contributed by atoms with van der Waals surface area (Å²) in [5, 5.41) is 0. The first-order valence-electron chi connectivity index (χ1n) is 10.7. The number of nitrogen functional groups attached to an aromatic ring is 2. The molecule has 0 fully saturated rings. The van der Waals surface area contributed by atoms with Crippen LogP contribution >= 0.6 is 0 Å². The number of anilines is 2. The first kappa shape index (κ1) is 19.7. The van der Waals surface area contributed by atoms with Crippen LogP contribution in [0.1, 0.15) is 0 Å². The van der Waals surface area contributed by atoms with Crippen LogP contribution in [-0.2, 0) is 0 Å². The average molecular weight is 413 g/mol. The molecule has 5 aromatic carbocycles. The van der Waals surface area contributed by atoms with Crippen LogP contribution in [0.2, 0.25) is 0 Å². The van der Waals surface area contributed by atoms with Gasteiger partial charge >= 0.3 is 0 Å². The number of rotatable bonds is 4. The Bertz CT molecular complexity index is 1340. The Balaban J connectivity index is 1.56. The van der Waals surface area contributed by atoms with E-state index in [0.29, 0.717) is 11.4 Å². The molecular formula is C30H24N2. The highest BCUT2D eigenvalue weighted by atomic mass is 14.7. The van der Waals surface area contributed by atoms with Crippen LogP contribution in [0.25, 0.3) is 44.5 Å². The maximum absolute atomic E-state index is 6.50. The Morgan fingerprint density at radius 1 is 0.344 bits per heavy atom. The maximum Gasteiger partial charge on any atom is 0.0633 e. The van der Waals surface area contributed by atoms with E-state index >= 15 is 0 Å². The third-order valence-corrected chi connectivity index (χ3v) is 5.86. The molecule has 0 aromatic heterocycles. The molecule has 0 radical (unpaired) electrons. The molecule has 2 heteroatoms. The standard InChI is InChI=1S/C30H24N2/c31-28-20-19-27(25-15-11-23(12-16-25)21-7-3-1-4-8-21)29(30(28)32)26-17-13-24(14-18-26)22-9-5-2-6-10-22/h1-20H,31-32H2. The molecule has 0 saturated carbocycles. The van der Waals surface area contributed by atoms with Crippen LogP contribution in [0.5, 0.6) is 0 Å². The first-order chi connectivity index (χ1) is 15.7. The van der Waals surface area contributed by atoms with E-state index in [0.717, 1.165) is 22.3 Å². The van der Waals surface area contributed by atoms with Crippen molar-refractivity contribution < 1.29 is 0 Å². The van der Waals surface area contributed by atoms with Crippen molar-refractivity contribution in [3.05, 3.63) is 121 Å². The zero-order valence-corrected chi connectivity index (χ0v) is 17.7. The van der Waals surface area contributed by atoms with E-state index in [1.807, 2.05) is 18.2 Å². The van der Waals surface area contributed by atoms with Gasteiger partial charge in [-0.1, -0.05) is 115 Å². The molecule has 32 heavy (non-hydrogen) atoms. The highest BCUT2D eigenvalue weighted by molar-refractivity contribution is 5.96. The van der Waals surface area contributed by atoms with Gasteiger partial charge in [0.2, 0.25) is 0 Å². The second-order valence-electron chi connectivity index (χ2n) is 7.88. The lowest BCUT2D eigenvalue weighted by atomic mass is 9.90. The number of hydrogen-bond acceptors (Lipinski definition) is 2. The van der Waals surface area contributed by atoms with Gasteiger partial charge in [0.25, 0.3) is 0 Å². The van der Waals surface area contributed by atoms with E-state index in [1.54, 1.807) is 0 Å². The minimum atomic E-state index is 0.594. The summed E-state index contributed by atoms with van der Waals surface area (Å²) in [5.41, 5.74) is 22.9. The van der Waals surface area contributed by atoms with Crippen LogP contribution in [0.15, 0.2) is 121 Å². The molecule has 0 atom stereocenters. The SMILES string of the molecule is Nc1ccc(-c2ccc(-c3ccccc3)cc2)c(-c2ccc(-c3ccccc3)cc2)c1N. The normalized spacial score (nSPS) is 10.8. The van der Waals surface area contributed by atoms with Crippen LogP contribution in [0.3, 0.4) is 0 Å². The highest BCUT2D eigenvalue weighted by Crippen LogP contribution is 2.40. The van der Waals surface area contributed by atoms with Gasteiger partial charge in [-0.25, -0.2) is 0 Å². The van der Waals surface area contributed by atoms with Crippen molar-refractivity contribution in [1.82, 2.24) is 0 Å².